The lowest BCUT2D eigenvalue weighted by Gasteiger charge is -2.35. The highest BCUT2D eigenvalue weighted by atomic mass is 32.2. The molecule has 1 aromatic heterocycles. The standard InChI is InChI=1S/C17H23FN6OS/c1-3-22-8-10-23(11-9-22)16(25)12(2)26-17-21-20-15(24(17)19)13-6-4-5-7-14(13)18/h4-7,12H,3,8-11,19H2,1-2H3. The number of aromatic nitrogens is 3. The van der Waals surface area contributed by atoms with Crippen molar-refractivity contribution in [1.82, 2.24) is 24.7 Å². The molecule has 1 aliphatic rings. The third kappa shape index (κ3) is 3.83. The summed E-state index contributed by atoms with van der Waals surface area (Å²) < 4.78 is 15.2. The van der Waals surface area contributed by atoms with E-state index in [1.54, 1.807) is 18.2 Å². The number of thioether (sulfide) groups is 1. The summed E-state index contributed by atoms with van der Waals surface area (Å²) in [6.07, 6.45) is 0. The van der Waals surface area contributed by atoms with Crippen molar-refractivity contribution in [2.24, 2.45) is 0 Å². The van der Waals surface area contributed by atoms with E-state index in [1.165, 1.54) is 22.5 Å². The molecule has 0 spiro atoms. The lowest BCUT2D eigenvalue weighted by molar-refractivity contribution is -0.132. The predicted molar refractivity (Wildman–Crippen MR) is 99.6 cm³/mol. The van der Waals surface area contributed by atoms with Crippen LogP contribution in [0.1, 0.15) is 13.8 Å². The van der Waals surface area contributed by atoms with E-state index >= 15 is 0 Å². The van der Waals surface area contributed by atoms with Crippen molar-refractivity contribution in [2.75, 3.05) is 38.6 Å². The van der Waals surface area contributed by atoms with Crippen LogP contribution >= 0.6 is 11.8 Å². The van der Waals surface area contributed by atoms with Crippen molar-refractivity contribution < 1.29 is 9.18 Å². The smallest absolute Gasteiger partial charge is 0.235 e. The van der Waals surface area contributed by atoms with Gasteiger partial charge in [0.2, 0.25) is 11.1 Å². The molecule has 0 saturated carbocycles. The first kappa shape index (κ1) is 18.7. The number of hydrogen-bond donors (Lipinski definition) is 1. The number of benzene rings is 1. The maximum absolute atomic E-state index is 14.0. The number of hydrogen-bond acceptors (Lipinski definition) is 6. The van der Waals surface area contributed by atoms with E-state index in [4.69, 9.17) is 5.84 Å². The molecule has 1 unspecified atom stereocenters. The Morgan fingerprint density at radius 2 is 1.96 bits per heavy atom. The number of carbonyl (C=O) groups is 1. The summed E-state index contributed by atoms with van der Waals surface area (Å²) in [6, 6.07) is 6.25. The maximum Gasteiger partial charge on any atom is 0.235 e. The lowest BCUT2D eigenvalue weighted by atomic mass is 10.2. The normalized spacial score (nSPS) is 16.7. The van der Waals surface area contributed by atoms with Gasteiger partial charge in [0.05, 0.1) is 10.8 Å². The van der Waals surface area contributed by atoms with Gasteiger partial charge in [-0.2, -0.15) is 0 Å². The fourth-order valence-corrected chi connectivity index (χ4v) is 3.79. The Morgan fingerprint density at radius 3 is 2.62 bits per heavy atom. The molecule has 2 aromatic rings. The molecule has 2 heterocycles. The lowest BCUT2D eigenvalue weighted by Crippen LogP contribution is -2.50. The Balaban J connectivity index is 1.68. The van der Waals surface area contributed by atoms with Gasteiger partial charge in [-0.3, -0.25) is 4.79 Å². The second-order valence-corrected chi connectivity index (χ2v) is 7.48. The molecule has 0 aliphatic carbocycles. The minimum atomic E-state index is -0.416. The summed E-state index contributed by atoms with van der Waals surface area (Å²) in [5.74, 6) is 5.92. The summed E-state index contributed by atoms with van der Waals surface area (Å²) in [5, 5.41) is 8.06. The molecule has 0 bridgehead atoms. The number of likely N-dealkylation sites (N-methyl/N-ethyl adjacent to an activating group) is 1. The number of nitrogen functional groups attached to an aromatic ring is 1. The van der Waals surface area contributed by atoms with Gasteiger partial charge in [-0.15, -0.1) is 10.2 Å². The zero-order valence-corrected chi connectivity index (χ0v) is 15.7. The third-order valence-electron chi connectivity index (χ3n) is 4.54. The summed E-state index contributed by atoms with van der Waals surface area (Å²) in [4.78, 5) is 16.9. The maximum atomic E-state index is 14.0. The summed E-state index contributed by atoms with van der Waals surface area (Å²) in [6.45, 7) is 8.20. The van der Waals surface area contributed by atoms with Crippen LogP contribution in [0.3, 0.4) is 0 Å². The number of amides is 1. The molecule has 7 nitrogen and oxygen atoms in total. The van der Waals surface area contributed by atoms with Crippen molar-refractivity contribution in [3.63, 3.8) is 0 Å². The van der Waals surface area contributed by atoms with Crippen molar-refractivity contribution in [1.29, 1.82) is 0 Å². The first-order valence-corrected chi connectivity index (χ1v) is 9.52. The minimum absolute atomic E-state index is 0.0567. The number of piperazine rings is 1. The number of rotatable bonds is 5. The fraction of sp³-hybridized carbons (Fsp3) is 0.471. The zero-order valence-electron chi connectivity index (χ0n) is 14.9. The third-order valence-corrected chi connectivity index (χ3v) is 5.58. The average molecular weight is 378 g/mol. The number of halogens is 1. The van der Waals surface area contributed by atoms with Crippen LogP contribution in [0.15, 0.2) is 29.4 Å². The second kappa shape index (κ2) is 8.05. The Morgan fingerprint density at radius 1 is 1.27 bits per heavy atom. The molecule has 1 saturated heterocycles. The highest BCUT2D eigenvalue weighted by Crippen LogP contribution is 2.27. The van der Waals surface area contributed by atoms with E-state index < -0.39 is 5.82 Å². The van der Waals surface area contributed by atoms with Gasteiger partial charge in [-0.25, -0.2) is 9.07 Å². The molecule has 9 heteroatoms. The van der Waals surface area contributed by atoms with E-state index in [-0.39, 0.29) is 22.5 Å². The van der Waals surface area contributed by atoms with Crippen LogP contribution in [-0.4, -0.2) is 68.6 Å². The first-order chi connectivity index (χ1) is 12.5. The average Bonchev–Trinajstić information content (AvgIpc) is 3.02. The number of nitrogens with two attached hydrogens (primary N) is 1. The topological polar surface area (TPSA) is 80.3 Å². The van der Waals surface area contributed by atoms with Crippen molar-refractivity contribution >= 4 is 17.7 Å². The second-order valence-electron chi connectivity index (χ2n) is 6.18. The van der Waals surface area contributed by atoms with Gasteiger partial charge in [-0.1, -0.05) is 30.8 Å². The highest BCUT2D eigenvalue weighted by molar-refractivity contribution is 8.00. The molecule has 2 N–H and O–H groups in total. The monoisotopic (exact) mass is 378 g/mol. The number of carbonyl (C=O) groups excluding carboxylic acids is 1. The van der Waals surface area contributed by atoms with E-state index in [9.17, 15) is 9.18 Å². The van der Waals surface area contributed by atoms with E-state index in [0.717, 1.165) is 32.7 Å². The molecule has 0 radical (unpaired) electrons. The van der Waals surface area contributed by atoms with E-state index in [0.29, 0.717) is 5.16 Å². The van der Waals surface area contributed by atoms with Crippen LogP contribution in [-0.2, 0) is 4.79 Å². The van der Waals surface area contributed by atoms with Crippen LogP contribution in [0.4, 0.5) is 4.39 Å². The van der Waals surface area contributed by atoms with Gasteiger partial charge in [0.15, 0.2) is 5.82 Å². The summed E-state index contributed by atoms with van der Waals surface area (Å²) in [7, 11) is 0. The highest BCUT2D eigenvalue weighted by Gasteiger charge is 2.27. The Kier molecular flexibility index (Phi) is 5.77. The van der Waals surface area contributed by atoms with Gasteiger partial charge in [0, 0.05) is 26.2 Å². The Labute approximate surface area is 156 Å². The van der Waals surface area contributed by atoms with Gasteiger partial charge in [-0.05, 0) is 25.6 Å². The largest absolute Gasteiger partial charge is 0.339 e. The van der Waals surface area contributed by atoms with Crippen molar-refractivity contribution in [3.8, 4) is 11.4 Å². The molecule has 1 amide bonds. The van der Waals surface area contributed by atoms with Crippen LogP contribution in [0.2, 0.25) is 0 Å². The summed E-state index contributed by atoms with van der Waals surface area (Å²) in [5.41, 5.74) is 0.281. The fourth-order valence-electron chi connectivity index (χ4n) is 2.93. The van der Waals surface area contributed by atoms with Crippen LogP contribution in [0.5, 0.6) is 0 Å². The molecule has 26 heavy (non-hydrogen) atoms. The van der Waals surface area contributed by atoms with Crippen molar-refractivity contribution in [2.45, 2.75) is 24.3 Å². The molecular weight excluding hydrogens is 355 g/mol. The first-order valence-electron chi connectivity index (χ1n) is 8.64. The van der Waals surface area contributed by atoms with Gasteiger partial charge in [0.25, 0.3) is 0 Å². The molecule has 1 aromatic carbocycles. The molecular formula is C17H23FN6OS. The molecule has 1 atom stereocenters. The summed E-state index contributed by atoms with van der Waals surface area (Å²) >= 11 is 1.24. The van der Waals surface area contributed by atoms with Gasteiger partial charge < -0.3 is 15.6 Å². The molecule has 1 fully saturated rings. The van der Waals surface area contributed by atoms with Gasteiger partial charge >= 0.3 is 0 Å². The van der Waals surface area contributed by atoms with Crippen LogP contribution in [0, 0.1) is 5.82 Å². The van der Waals surface area contributed by atoms with Crippen molar-refractivity contribution in [3.05, 3.63) is 30.1 Å². The van der Waals surface area contributed by atoms with E-state index in [2.05, 4.69) is 22.0 Å². The Hall–Kier alpha value is -2.13. The Bertz CT molecular complexity index is 774. The van der Waals surface area contributed by atoms with E-state index in [1.807, 2.05) is 11.8 Å². The molecule has 3 rings (SSSR count). The van der Waals surface area contributed by atoms with Crippen LogP contribution < -0.4 is 5.84 Å². The van der Waals surface area contributed by atoms with Crippen LogP contribution in [0.25, 0.3) is 11.4 Å². The molecule has 1 aliphatic heterocycles. The minimum Gasteiger partial charge on any atom is -0.339 e. The molecule has 140 valence electrons. The predicted octanol–water partition coefficient (Wildman–Crippen LogP) is 1.44. The number of nitrogens with zero attached hydrogens (tertiary/aromatic N) is 5. The SMILES string of the molecule is CCN1CCN(C(=O)C(C)Sc2nnc(-c3ccccc3F)n2N)CC1. The zero-order chi connectivity index (χ0) is 18.7. The quantitative estimate of drug-likeness (QED) is 0.626. The van der Waals surface area contributed by atoms with Gasteiger partial charge in [0.1, 0.15) is 5.82 Å².